The lowest BCUT2D eigenvalue weighted by Gasteiger charge is -2.10. The van der Waals surface area contributed by atoms with Crippen LogP contribution in [0, 0.1) is 6.92 Å². The van der Waals surface area contributed by atoms with Gasteiger partial charge in [-0.3, -0.25) is 14.0 Å². The highest BCUT2D eigenvalue weighted by atomic mass is 16.5. The fraction of sp³-hybridized carbons (Fsp3) is 0.500. The second-order valence-electron chi connectivity index (χ2n) is 4.85. The molecule has 0 saturated heterocycles. The van der Waals surface area contributed by atoms with Gasteiger partial charge in [0, 0.05) is 24.0 Å². The first-order valence-corrected chi connectivity index (χ1v) is 6.71. The standard InChI is InChI=1S/C14H20N4O2/c1-5-11(3)18-7-6-12(16-18)9-17-13(19)8-10(2)15-14(17)20-4/h6-8,11H,5,9H2,1-4H3. The minimum absolute atomic E-state index is 0.132. The molecular formula is C14H20N4O2. The van der Waals surface area contributed by atoms with Crippen LogP contribution in [-0.4, -0.2) is 26.4 Å². The van der Waals surface area contributed by atoms with Crippen LogP contribution in [0.15, 0.2) is 23.1 Å². The molecule has 0 aliphatic rings. The van der Waals surface area contributed by atoms with E-state index in [1.165, 1.54) is 17.7 Å². The summed E-state index contributed by atoms with van der Waals surface area (Å²) in [5.41, 5.74) is 1.33. The molecule has 2 aromatic heterocycles. The van der Waals surface area contributed by atoms with Crippen molar-refractivity contribution in [3.63, 3.8) is 0 Å². The van der Waals surface area contributed by atoms with Crippen LogP contribution in [-0.2, 0) is 6.54 Å². The van der Waals surface area contributed by atoms with Crippen molar-refractivity contribution in [1.29, 1.82) is 0 Å². The fourth-order valence-electron chi connectivity index (χ4n) is 1.95. The van der Waals surface area contributed by atoms with E-state index in [2.05, 4.69) is 23.9 Å². The number of methoxy groups -OCH3 is 1. The monoisotopic (exact) mass is 276 g/mol. The lowest BCUT2D eigenvalue weighted by atomic mass is 10.3. The molecule has 2 heterocycles. The van der Waals surface area contributed by atoms with E-state index in [4.69, 9.17) is 4.74 Å². The number of hydrogen-bond acceptors (Lipinski definition) is 4. The van der Waals surface area contributed by atoms with E-state index in [9.17, 15) is 4.79 Å². The third-order valence-corrected chi connectivity index (χ3v) is 3.31. The molecule has 2 rings (SSSR count). The third kappa shape index (κ3) is 2.89. The highest BCUT2D eigenvalue weighted by Gasteiger charge is 2.11. The van der Waals surface area contributed by atoms with Gasteiger partial charge in [-0.25, -0.2) is 4.98 Å². The van der Waals surface area contributed by atoms with Crippen LogP contribution >= 0.6 is 0 Å². The molecule has 6 nitrogen and oxygen atoms in total. The number of nitrogens with zero attached hydrogens (tertiary/aromatic N) is 4. The molecule has 0 aliphatic heterocycles. The van der Waals surface area contributed by atoms with Crippen LogP contribution in [0.1, 0.15) is 37.7 Å². The summed E-state index contributed by atoms with van der Waals surface area (Å²) >= 11 is 0. The van der Waals surface area contributed by atoms with E-state index in [0.717, 1.165) is 12.1 Å². The highest BCUT2D eigenvalue weighted by molar-refractivity contribution is 5.10. The zero-order valence-electron chi connectivity index (χ0n) is 12.3. The molecule has 0 spiro atoms. The zero-order chi connectivity index (χ0) is 14.7. The van der Waals surface area contributed by atoms with Gasteiger partial charge in [-0.05, 0) is 26.3 Å². The largest absolute Gasteiger partial charge is 0.468 e. The Morgan fingerprint density at radius 3 is 2.85 bits per heavy atom. The summed E-state index contributed by atoms with van der Waals surface area (Å²) in [6, 6.07) is 4.07. The van der Waals surface area contributed by atoms with Crippen LogP contribution in [0.2, 0.25) is 0 Å². The van der Waals surface area contributed by atoms with Crippen molar-refractivity contribution in [2.75, 3.05) is 7.11 Å². The first kappa shape index (κ1) is 14.3. The van der Waals surface area contributed by atoms with Crippen LogP contribution in [0.5, 0.6) is 6.01 Å². The summed E-state index contributed by atoms with van der Waals surface area (Å²) in [7, 11) is 1.51. The van der Waals surface area contributed by atoms with Gasteiger partial charge >= 0.3 is 0 Å². The molecule has 1 unspecified atom stereocenters. The van der Waals surface area contributed by atoms with E-state index < -0.39 is 0 Å². The van der Waals surface area contributed by atoms with Crippen LogP contribution < -0.4 is 10.3 Å². The Morgan fingerprint density at radius 1 is 1.45 bits per heavy atom. The molecule has 0 fully saturated rings. The second kappa shape index (κ2) is 5.90. The molecule has 0 radical (unpaired) electrons. The Bertz CT molecular complexity index is 645. The van der Waals surface area contributed by atoms with E-state index in [0.29, 0.717) is 24.3 Å². The molecular weight excluding hydrogens is 256 g/mol. The summed E-state index contributed by atoms with van der Waals surface area (Å²) in [6.45, 7) is 6.35. The molecule has 0 N–H and O–H groups in total. The molecule has 108 valence electrons. The first-order valence-electron chi connectivity index (χ1n) is 6.71. The molecule has 0 amide bonds. The smallest absolute Gasteiger partial charge is 0.299 e. The average Bonchev–Trinajstić information content (AvgIpc) is 2.89. The minimum atomic E-state index is -0.132. The molecule has 0 bridgehead atoms. The van der Waals surface area contributed by atoms with Gasteiger partial charge in [-0.15, -0.1) is 0 Å². The van der Waals surface area contributed by atoms with Gasteiger partial charge in [0.1, 0.15) is 0 Å². The first-order chi connectivity index (χ1) is 9.55. The van der Waals surface area contributed by atoms with Crippen molar-refractivity contribution in [2.45, 2.75) is 39.8 Å². The lowest BCUT2D eigenvalue weighted by molar-refractivity contribution is 0.348. The second-order valence-corrected chi connectivity index (χ2v) is 4.85. The number of rotatable bonds is 5. The van der Waals surface area contributed by atoms with Gasteiger partial charge in [0.05, 0.1) is 19.3 Å². The van der Waals surface area contributed by atoms with Crippen molar-refractivity contribution in [3.05, 3.63) is 40.1 Å². The lowest BCUT2D eigenvalue weighted by Crippen LogP contribution is -2.23. The Morgan fingerprint density at radius 2 is 2.20 bits per heavy atom. The fourth-order valence-corrected chi connectivity index (χ4v) is 1.95. The molecule has 0 aliphatic carbocycles. The van der Waals surface area contributed by atoms with Gasteiger partial charge in [0.15, 0.2) is 0 Å². The van der Waals surface area contributed by atoms with Gasteiger partial charge in [-0.1, -0.05) is 6.92 Å². The Labute approximate surface area is 118 Å². The van der Waals surface area contributed by atoms with Crippen molar-refractivity contribution in [3.8, 4) is 6.01 Å². The van der Waals surface area contributed by atoms with Gasteiger partial charge < -0.3 is 4.74 Å². The Kier molecular flexibility index (Phi) is 4.22. The molecule has 2 aromatic rings. The zero-order valence-corrected chi connectivity index (χ0v) is 12.3. The van der Waals surface area contributed by atoms with Gasteiger partial charge in [0.2, 0.25) is 0 Å². The number of aryl methyl sites for hydroxylation is 1. The van der Waals surface area contributed by atoms with Crippen molar-refractivity contribution in [2.24, 2.45) is 0 Å². The van der Waals surface area contributed by atoms with Gasteiger partial charge in [-0.2, -0.15) is 5.10 Å². The van der Waals surface area contributed by atoms with E-state index in [1.807, 2.05) is 16.9 Å². The quantitative estimate of drug-likeness (QED) is 0.835. The van der Waals surface area contributed by atoms with E-state index in [-0.39, 0.29) is 5.56 Å². The summed E-state index contributed by atoms with van der Waals surface area (Å²) in [6.07, 6.45) is 2.94. The van der Waals surface area contributed by atoms with Crippen molar-refractivity contribution >= 4 is 0 Å². The molecule has 6 heteroatoms. The molecule has 0 saturated carbocycles. The average molecular weight is 276 g/mol. The van der Waals surface area contributed by atoms with Crippen LogP contribution in [0.25, 0.3) is 0 Å². The summed E-state index contributed by atoms with van der Waals surface area (Å²) in [5.74, 6) is 0. The summed E-state index contributed by atoms with van der Waals surface area (Å²) in [4.78, 5) is 16.2. The summed E-state index contributed by atoms with van der Waals surface area (Å²) in [5, 5.41) is 4.49. The van der Waals surface area contributed by atoms with E-state index >= 15 is 0 Å². The number of hydrogen-bond donors (Lipinski definition) is 0. The maximum atomic E-state index is 12.0. The molecule has 20 heavy (non-hydrogen) atoms. The highest BCUT2D eigenvalue weighted by Crippen LogP contribution is 2.11. The predicted octanol–water partition coefficient (Wildman–Crippen LogP) is 1.78. The number of aromatic nitrogens is 4. The maximum Gasteiger partial charge on any atom is 0.299 e. The van der Waals surface area contributed by atoms with Crippen molar-refractivity contribution < 1.29 is 4.74 Å². The maximum absolute atomic E-state index is 12.0. The van der Waals surface area contributed by atoms with Crippen LogP contribution in [0.3, 0.4) is 0 Å². The molecule has 0 aromatic carbocycles. The topological polar surface area (TPSA) is 61.9 Å². The van der Waals surface area contributed by atoms with Gasteiger partial charge in [0.25, 0.3) is 11.6 Å². The number of ether oxygens (including phenoxy) is 1. The Hall–Kier alpha value is -2.11. The third-order valence-electron chi connectivity index (χ3n) is 3.31. The Balaban J connectivity index is 2.30. The van der Waals surface area contributed by atoms with Crippen molar-refractivity contribution in [1.82, 2.24) is 19.3 Å². The van der Waals surface area contributed by atoms with Crippen LogP contribution in [0.4, 0.5) is 0 Å². The predicted molar refractivity (Wildman–Crippen MR) is 76.1 cm³/mol. The SMILES string of the molecule is CCC(C)n1ccc(Cn2c(OC)nc(C)cc2=O)n1. The van der Waals surface area contributed by atoms with E-state index in [1.54, 1.807) is 6.92 Å². The minimum Gasteiger partial charge on any atom is -0.468 e. The molecule has 1 atom stereocenters. The summed E-state index contributed by atoms with van der Waals surface area (Å²) < 4.78 is 8.57. The normalized spacial score (nSPS) is 12.4.